The van der Waals surface area contributed by atoms with Crippen LogP contribution in [0.3, 0.4) is 0 Å². The molecule has 0 radical (unpaired) electrons. The molecule has 1 unspecified atom stereocenters. The minimum Gasteiger partial charge on any atom is -0.481 e. The molecule has 2 saturated carbocycles. The molecule has 0 aromatic carbocycles. The number of carboxylic acids is 1. The summed E-state index contributed by atoms with van der Waals surface area (Å²) in [6.07, 6.45) is 5.65. The Hall–Kier alpha value is -1.06. The molecule has 17 heavy (non-hydrogen) atoms. The van der Waals surface area contributed by atoms with Crippen LogP contribution in [0.15, 0.2) is 0 Å². The monoisotopic (exact) mass is 239 g/mol. The van der Waals surface area contributed by atoms with Crippen molar-refractivity contribution < 1.29 is 14.7 Å². The molecular weight excluding hydrogens is 218 g/mol. The fourth-order valence-electron chi connectivity index (χ4n) is 2.79. The van der Waals surface area contributed by atoms with E-state index in [2.05, 4.69) is 5.32 Å². The summed E-state index contributed by atoms with van der Waals surface area (Å²) in [5.41, 5.74) is 0. The minimum absolute atomic E-state index is 0.0449. The Morgan fingerprint density at radius 3 is 2.24 bits per heavy atom. The Balaban J connectivity index is 1.92. The summed E-state index contributed by atoms with van der Waals surface area (Å²) in [7, 11) is 0. The van der Waals surface area contributed by atoms with Crippen LogP contribution in [0.5, 0.6) is 0 Å². The Labute approximate surface area is 102 Å². The zero-order chi connectivity index (χ0) is 12.4. The average molecular weight is 239 g/mol. The molecule has 2 N–H and O–H groups in total. The number of hydrogen-bond acceptors (Lipinski definition) is 2. The van der Waals surface area contributed by atoms with Gasteiger partial charge < -0.3 is 10.4 Å². The van der Waals surface area contributed by atoms with Crippen LogP contribution in [0.1, 0.15) is 45.4 Å². The van der Waals surface area contributed by atoms with Gasteiger partial charge in [-0.1, -0.05) is 12.8 Å². The van der Waals surface area contributed by atoms with Gasteiger partial charge in [0.15, 0.2) is 0 Å². The lowest BCUT2D eigenvalue weighted by molar-refractivity contribution is -0.149. The highest BCUT2D eigenvalue weighted by Crippen LogP contribution is 2.34. The van der Waals surface area contributed by atoms with Gasteiger partial charge >= 0.3 is 5.97 Å². The molecule has 3 atom stereocenters. The van der Waals surface area contributed by atoms with E-state index in [1.54, 1.807) is 0 Å². The third kappa shape index (κ3) is 2.99. The number of carbonyl (C=O) groups excluding carboxylic acids is 1. The number of carbonyl (C=O) groups is 2. The number of nitrogens with one attached hydrogen (secondary N) is 1. The topological polar surface area (TPSA) is 66.4 Å². The molecule has 4 heteroatoms. The van der Waals surface area contributed by atoms with E-state index < -0.39 is 11.9 Å². The molecule has 2 aliphatic rings. The van der Waals surface area contributed by atoms with E-state index in [0.717, 1.165) is 19.3 Å². The molecule has 0 spiro atoms. The highest BCUT2D eigenvalue weighted by Gasteiger charge is 2.37. The highest BCUT2D eigenvalue weighted by atomic mass is 16.4. The summed E-state index contributed by atoms with van der Waals surface area (Å²) >= 11 is 0. The lowest BCUT2D eigenvalue weighted by Gasteiger charge is -2.28. The first-order valence-corrected chi connectivity index (χ1v) is 6.62. The molecule has 1 amide bonds. The second kappa shape index (κ2) is 5.07. The van der Waals surface area contributed by atoms with Gasteiger partial charge in [0.25, 0.3) is 0 Å². The van der Waals surface area contributed by atoms with Crippen LogP contribution in [-0.4, -0.2) is 23.0 Å². The molecular formula is C13H21NO3. The maximum Gasteiger partial charge on any atom is 0.307 e. The zero-order valence-corrected chi connectivity index (χ0v) is 10.3. The van der Waals surface area contributed by atoms with Gasteiger partial charge in [-0.3, -0.25) is 9.59 Å². The predicted molar refractivity (Wildman–Crippen MR) is 63.4 cm³/mol. The van der Waals surface area contributed by atoms with Crippen molar-refractivity contribution in [1.29, 1.82) is 0 Å². The number of amides is 1. The number of carboxylic acid groups (broad SMARTS) is 1. The summed E-state index contributed by atoms with van der Waals surface area (Å²) in [4.78, 5) is 23.2. The smallest absolute Gasteiger partial charge is 0.307 e. The van der Waals surface area contributed by atoms with Gasteiger partial charge in [-0.05, 0) is 38.5 Å². The molecule has 2 fully saturated rings. The maximum atomic E-state index is 12.1. The second-order valence-corrected chi connectivity index (χ2v) is 5.47. The number of aliphatic carboxylic acids is 1. The molecule has 2 rings (SSSR count). The number of rotatable bonds is 4. The fraction of sp³-hybridized carbons (Fsp3) is 0.846. The molecule has 0 heterocycles. The second-order valence-electron chi connectivity index (χ2n) is 5.47. The zero-order valence-electron chi connectivity index (χ0n) is 10.3. The van der Waals surface area contributed by atoms with Gasteiger partial charge in [-0.25, -0.2) is 0 Å². The van der Waals surface area contributed by atoms with Gasteiger partial charge in [0, 0.05) is 6.04 Å². The summed E-state index contributed by atoms with van der Waals surface area (Å²) in [6.45, 7) is 2.02. The van der Waals surface area contributed by atoms with Crippen molar-refractivity contribution in [3.63, 3.8) is 0 Å². The van der Waals surface area contributed by atoms with Gasteiger partial charge in [0.2, 0.25) is 5.91 Å². The van der Waals surface area contributed by atoms with Crippen LogP contribution in [0.4, 0.5) is 0 Å². The molecule has 0 bridgehead atoms. The lowest BCUT2D eigenvalue weighted by Crippen LogP contribution is -2.43. The molecule has 0 aromatic rings. The summed E-state index contributed by atoms with van der Waals surface area (Å²) in [6, 6.07) is 0.207. The third-order valence-corrected chi connectivity index (χ3v) is 4.12. The summed E-state index contributed by atoms with van der Waals surface area (Å²) in [5, 5.41) is 12.1. The van der Waals surface area contributed by atoms with E-state index in [1.165, 1.54) is 12.8 Å². The van der Waals surface area contributed by atoms with Crippen molar-refractivity contribution in [2.45, 2.75) is 51.5 Å². The first-order valence-electron chi connectivity index (χ1n) is 6.62. The van der Waals surface area contributed by atoms with Gasteiger partial charge in [0.1, 0.15) is 0 Å². The van der Waals surface area contributed by atoms with E-state index in [1.807, 2.05) is 6.92 Å². The van der Waals surface area contributed by atoms with Crippen molar-refractivity contribution in [2.75, 3.05) is 0 Å². The van der Waals surface area contributed by atoms with Crippen LogP contribution in [-0.2, 0) is 9.59 Å². The normalized spacial score (nSPS) is 30.6. The van der Waals surface area contributed by atoms with Crippen molar-refractivity contribution in [3.05, 3.63) is 0 Å². The Bertz CT molecular complexity index is 312. The largest absolute Gasteiger partial charge is 0.481 e. The minimum atomic E-state index is -0.816. The molecule has 0 saturated heterocycles. The van der Waals surface area contributed by atoms with Crippen LogP contribution in [0, 0.1) is 17.8 Å². The number of hydrogen-bond donors (Lipinski definition) is 2. The van der Waals surface area contributed by atoms with E-state index in [9.17, 15) is 9.59 Å². The van der Waals surface area contributed by atoms with E-state index >= 15 is 0 Å². The van der Waals surface area contributed by atoms with Crippen molar-refractivity contribution in [1.82, 2.24) is 5.32 Å². The highest BCUT2D eigenvalue weighted by molar-refractivity contribution is 5.85. The van der Waals surface area contributed by atoms with Crippen LogP contribution in [0.2, 0.25) is 0 Å². The summed E-state index contributed by atoms with van der Waals surface area (Å²) in [5.74, 6) is -1.04. The maximum absolute atomic E-state index is 12.1. The lowest BCUT2D eigenvalue weighted by atomic mass is 9.78. The Morgan fingerprint density at radius 1 is 1.12 bits per heavy atom. The Morgan fingerprint density at radius 2 is 1.71 bits per heavy atom. The quantitative estimate of drug-likeness (QED) is 0.786. The predicted octanol–water partition coefficient (Wildman–Crippen LogP) is 1.79. The Kier molecular flexibility index (Phi) is 3.69. The molecule has 0 aromatic heterocycles. The molecule has 96 valence electrons. The fourth-order valence-corrected chi connectivity index (χ4v) is 2.79. The van der Waals surface area contributed by atoms with E-state index in [4.69, 9.17) is 5.11 Å². The van der Waals surface area contributed by atoms with Crippen LogP contribution >= 0.6 is 0 Å². The first-order chi connectivity index (χ1) is 8.09. The molecule has 4 nitrogen and oxygen atoms in total. The third-order valence-electron chi connectivity index (χ3n) is 4.12. The van der Waals surface area contributed by atoms with Gasteiger partial charge in [-0.15, -0.1) is 0 Å². The van der Waals surface area contributed by atoms with Crippen molar-refractivity contribution in [2.24, 2.45) is 17.8 Å². The SMILES string of the molecule is CC(NC(=O)[C@@H]1CCCC[C@@H]1C(=O)O)C1CC1. The van der Waals surface area contributed by atoms with Crippen molar-refractivity contribution >= 4 is 11.9 Å². The van der Waals surface area contributed by atoms with E-state index in [-0.39, 0.29) is 17.9 Å². The van der Waals surface area contributed by atoms with E-state index in [0.29, 0.717) is 12.3 Å². The van der Waals surface area contributed by atoms with Crippen LogP contribution in [0.25, 0.3) is 0 Å². The average Bonchev–Trinajstić information content (AvgIpc) is 3.12. The summed E-state index contributed by atoms with van der Waals surface area (Å²) < 4.78 is 0. The standard InChI is InChI=1S/C13H21NO3/c1-8(9-6-7-9)14-12(15)10-4-2-3-5-11(10)13(16)17/h8-11H,2-7H2,1H3,(H,14,15)(H,16,17)/t8?,10-,11+/m1/s1. The molecule has 2 aliphatic carbocycles. The molecule has 0 aliphatic heterocycles. The van der Waals surface area contributed by atoms with Gasteiger partial charge in [0.05, 0.1) is 11.8 Å². The first kappa shape index (κ1) is 12.4. The van der Waals surface area contributed by atoms with Gasteiger partial charge in [-0.2, -0.15) is 0 Å². The van der Waals surface area contributed by atoms with Crippen molar-refractivity contribution in [3.8, 4) is 0 Å². The van der Waals surface area contributed by atoms with Crippen LogP contribution < -0.4 is 5.32 Å².